The molecule has 2 aromatic carbocycles. The first kappa shape index (κ1) is 19.8. The van der Waals surface area contributed by atoms with Gasteiger partial charge in [0.25, 0.3) is 11.5 Å². The van der Waals surface area contributed by atoms with Gasteiger partial charge in [0.15, 0.2) is 0 Å². The molecule has 0 radical (unpaired) electrons. The maximum atomic E-state index is 12.9. The Morgan fingerprint density at radius 2 is 1.63 bits per heavy atom. The molecule has 154 valence electrons. The van der Waals surface area contributed by atoms with Gasteiger partial charge in [0.1, 0.15) is 5.82 Å². The minimum Gasteiger partial charge on any atom is -0.326 e. The fraction of sp³-hybridized carbons (Fsp3) is 0.304. The molecule has 2 N–H and O–H groups in total. The van der Waals surface area contributed by atoms with Crippen LogP contribution in [0.1, 0.15) is 48.8 Å². The summed E-state index contributed by atoms with van der Waals surface area (Å²) in [5.41, 5.74) is 2.24. The molecule has 30 heavy (non-hydrogen) atoms. The monoisotopic (exact) mass is 404 g/mol. The van der Waals surface area contributed by atoms with E-state index in [2.05, 4.69) is 10.6 Å². The van der Waals surface area contributed by atoms with E-state index in [1.807, 2.05) is 0 Å². The Morgan fingerprint density at radius 1 is 0.933 bits per heavy atom. The van der Waals surface area contributed by atoms with Crippen LogP contribution in [-0.2, 0) is 17.8 Å². The van der Waals surface area contributed by atoms with Crippen LogP contribution in [0.2, 0.25) is 0 Å². The standard InChI is InChI=1S/C23H24N4O3/c1-15(28)24-17-8-10-18(11-9-17)25-22(29)16-7-12-19-20(14-16)26-21-6-4-2-3-5-13-27(21)23(19)30/h7-12,14H,2-6,13H2,1H3,(H,24,28)(H,25,29). The molecule has 4 rings (SSSR count). The third-order valence-electron chi connectivity index (χ3n) is 5.29. The van der Waals surface area contributed by atoms with Gasteiger partial charge in [0, 0.05) is 36.8 Å². The van der Waals surface area contributed by atoms with Crippen molar-refractivity contribution in [1.82, 2.24) is 9.55 Å². The number of hydrogen-bond acceptors (Lipinski definition) is 4. The summed E-state index contributed by atoms with van der Waals surface area (Å²) in [7, 11) is 0. The summed E-state index contributed by atoms with van der Waals surface area (Å²) in [6.07, 6.45) is 5.07. The smallest absolute Gasteiger partial charge is 0.261 e. The largest absolute Gasteiger partial charge is 0.326 e. The highest BCUT2D eigenvalue weighted by molar-refractivity contribution is 6.06. The van der Waals surface area contributed by atoms with E-state index < -0.39 is 0 Å². The van der Waals surface area contributed by atoms with Crippen LogP contribution >= 0.6 is 0 Å². The van der Waals surface area contributed by atoms with Crippen molar-refractivity contribution < 1.29 is 9.59 Å². The van der Waals surface area contributed by atoms with Crippen molar-refractivity contribution in [3.63, 3.8) is 0 Å². The fourth-order valence-corrected chi connectivity index (χ4v) is 3.78. The average molecular weight is 404 g/mol. The number of aryl methyl sites for hydroxylation is 1. The van der Waals surface area contributed by atoms with Crippen LogP contribution in [0.15, 0.2) is 47.3 Å². The second kappa shape index (κ2) is 8.49. The van der Waals surface area contributed by atoms with Crippen molar-refractivity contribution in [1.29, 1.82) is 0 Å². The Hall–Kier alpha value is -3.48. The molecule has 0 atom stereocenters. The lowest BCUT2D eigenvalue weighted by Crippen LogP contribution is -2.26. The number of nitrogens with zero attached hydrogens (tertiary/aromatic N) is 2. The molecular weight excluding hydrogens is 380 g/mol. The van der Waals surface area contributed by atoms with Crippen molar-refractivity contribution in [2.24, 2.45) is 0 Å². The molecule has 2 amide bonds. The molecule has 0 unspecified atom stereocenters. The van der Waals surface area contributed by atoms with E-state index >= 15 is 0 Å². The molecule has 0 bridgehead atoms. The maximum absolute atomic E-state index is 12.9. The summed E-state index contributed by atoms with van der Waals surface area (Å²) in [5.74, 6) is 0.371. The number of anilines is 2. The number of benzene rings is 2. The van der Waals surface area contributed by atoms with E-state index in [-0.39, 0.29) is 17.4 Å². The van der Waals surface area contributed by atoms with E-state index in [4.69, 9.17) is 4.98 Å². The molecule has 0 aliphatic carbocycles. The van der Waals surface area contributed by atoms with E-state index in [1.165, 1.54) is 6.92 Å². The summed E-state index contributed by atoms with van der Waals surface area (Å²) >= 11 is 0. The fourth-order valence-electron chi connectivity index (χ4n) is 3.78. The molecule has 7 nitrogen and oxygen atoms in total. The van der Waals surface area contributed by atoms with Crippen LogP contribution in [-0.4, -0.2) is 21.4 Å². The van der Waals surface area contributed by atoms with Gasteiger partial charge in [-0.2, -0.15) is 0 Å². The normalized spacial score (nSPS) is 13.8. The average Bonchev–Trinajstić information content (AvgIpc) is 2.70. The minimum absolute atomic E-state index is 0.0302. The predicted molar refractivity (Wildman–Crippen MR) is 117 cm³/mol. The molecule has 1 aromatic heterocycles. The Bertz CT molecular complexity index is 1170. The van der Waals surface area contributed by atoms with Gasteiger partial charge in [-0.3, -0.25) is 19.0 Å². The molecule has 0 fully saturated rings. The third-order valence-corrected chi connectivity index (χ3v) is 5.29. The molecule has 2 heterocycles. The summed E-state index contributed by atoms with van der Waals surface area (Å²) in [5, 5.41) is 6.06. The van der Waals surface area contributed by atoms with Crippen LogP contribution < -0.4 is 16.2 Å². The van der Waals surface area contributed by atoms with Gasteiger partial charge in [-0.05, 0) is 55.3 Å². The Morgan fingerprint density at radius 3 is 2.37 bits per heavy atom. The number of amides is 2. The van der Waals surface area contributed by atoms with Crippen LogP contribution in [0.3, 0.4) is 0 Å². The van der Waals surface area contributed by atoms with Crippen LogP contribution in [0, 0.1) is 0 Å². The SMILES string of the molecule is CC(=O)Nc1ccc(NC(=O)c2ccc3c(=O)n4c(nc3c2)CCCCCC4)cc1. The second-order valence-electron chi connectivity index (χ2n) is 7.59. The number of fused-ring (bicyclic) bond motifs is 2. The summed E-state index contributed by atoms with van der Waals surface area (Å²) in [4.78, 5) is 41.4. The molecule has 1 aliphatic heterocycles. The highest BCUT2D eigenvalue weighted by Crippen LogP contribution is 2.18. The van der Waals surface area contributed by atoms with E-state index in [1.54, 1.807) is 47.0 Å². The van der Waals surface area contributed by atoms with Gasteiger partial charge < -0.3 is 10.6 Å². The quantitative estimate of drug-likeness (QED) is 0.696. The number of hydrogen-bond donors (Lipinski definition) is 2. The molecule has 0 saturated carbocycles. The van der Waals surface area contributed by atoms with Gasteiger partial charge in [0.05, 0.1) is 10.9 Å². The lowest BCUT2D eigenvalue weighted by atomic mass is 10.1. The number of nitrogens with one attached hydrogen (secondary N) is 2. The summed E-state index contributed by atoms with van der Waals surface area (Å²) in [6.45, 7) is 2.14. The molecule has 0 spiro atoms. The number of rotatable bonds is 3. The van der Waals surface area contributed by atoms with Crippen LogP contribution in [0.5, 0.6) is 0 Å². The predicted octanol–water partition coefficient (Wildman–Crippen LogP) is 3.72. The van der Waals surface area contributed by atoms with Crippen molar-refractivity contribution in [2.75, 3.05) is 10.6 Å². The minimum atomic E-state index is -0.280. The van der Waals surface area contributed by atoms with Gasteiger partial charge in [-0.1, -0.05) is 12.8 Å². The van der Waals surface area contributed by atoms with Gasteiger partial charge in [-0.25, -0.2) is 4.98 Å². The maximum Gasteiger partial charge on any atom is 0.261 e. The zero-order valence-corrected chi connectivity index (χ0v) is 16.9. The lowest BCUT2D eigenvalue weighted by Gasteiger charge is -2.16. The van der Waals surface area contributed by atoms with E-state index in [0.29, 0.717) is 34.4 Å². The zero-order chi connectivity index (χ0) is 21.1. The van der Waals surface area contributed by atoms with Crippen molar-refractivity contribution >= 4 is 34.1 Å². The van der Waals surface area contributed by atoms with Gasteiger partial charge >= 0.3 is 0 Å². The van der Waals surface area contributed by atoms with Crippen LogP contribution in [0.25, 0.3) is 10.9 Å². The molecule has 0 saturated heterocycles. The summed E-state index contributed by atoms with van der Waals surface area (Å²) in [6, 6.07) is 11.9. The third kappa shape index (κ3) is 4.25. The van der Waals surface area contributed by atoms with Crippen LogP contribution in [0.4, 0.5) is 11.4 Å². The number of carbonyl (C=O) groups is 2. The first-order valence-electron chi connectivity index (χ1n) is 10.2. The van der Waals surface area contributed by atoms with Crippen molar-refractivity contribution in [3.8, 4) is 0 Å². The topological polar surface area (TPSA) is 93.1 Å². The highest BCUT2D eigenvalue weighted by Gasteiger charge is 2.15. The Kier molecular flexibility index (Phi) is 5.61. The Balaban J connectivity index is 1.59. The first-order valence-corrected chi connectivity index (χ1v) is 10.2. The molecule has 1 aliphatic rings. The molecule has 3 aromatic rings. The molecule has 7 heteroatoms. The van der Waals surface area contributed by atoms with Gasteiger partial charge in [-0.15, -0.1) is 0 Å². The van der Waals surface area contributed by atoms with E-state index in [9.17, 15) is 14.4 Å². The lowest BCUT2D eigenvalue weighted by molar-refractivity contribution is -0.114. The van der Waals surface area contributed by atoms with Crippen molar-refractivity contribution in [2.45, 2.75) is 45.6 Å². The first-order chi connectivity index (χ1) is 14.5. The van der Waals surface area contributed by atoms with E-state index in [0.717, 1.165) is 37.9 Å². The van der Waals surface area contributed by atoms with Crippen molar-refractivity contribution in [3.05, 3.63) is 64.2 Å². The number of carbonyl (C=O) groups excluding carboxylic acids is 2. The second-order valence-corrected chi connectivity index (χ2v) is 7.59. The highest BCUT2D eigenvalue weighted by atomic mass is 16.2. The van der Waals surface area contributed by atoms with Gasteiger partial charge in [0.2, 0.25) is 5.91 Å². The zero-order valence-electron chi connectivity index (χ0n) is 16.9. The summed E-state index contributed by atoms with van der Waals surface area (Å²) < 4.78 is 1.79. The Labute approximate surface area is 174 Å². The molecular formula is C23H24N4O3. The number of aromatic nitrogens is 2.